The molecule has 0 aliphatic rings. The van der Waals surface area contributed by atoms with Crippen LogP contribution in [-0.4, -0.2) is 18.2 Å². The van der Waals surface area contributed by atoms with Gasteiger partial charge in [-0.25, -0.2) is 13.6 Å². The van der Waals surface area contributed by atoms with Crippen molar-refractivity contribution in [2.24, 2.45) is 0 Å². The number of carbonyl (C=O) groups excluding carboxylic acids is 1. The summed E-state index contributed by atoms with van der Waals surface area (Å²) in [6, 6.07) is 14.2. The van der Waals surface area contributed by atoms with Gasteiger partial charge in [-0.2, -0.15) is 0 Å². The minimum absolute atomic E-state index is 0.0196. The third-order valence-corrected chi connectivity index (χ3v) is 4.90. The average Bonchev–Trinajstić information content (AvgIpc) is 3.08. The Hall–Kier alpha value is -2.84. The largest absolute Gasteiger partial charge is 0.465 e. The number of nitrogens with one attached hydrogen (secondary N) is 2. The van der Waals surface area contributed by atoms with E-state index in [0.29, 0.717) is 10.6 Å². The van der Waals surface area contributed by atoms with Gasteiger partial charge >= 0.3 is 5.97 Å². The third-order valence-electron chi connectivity index (χ3n) is 3.60. The lowest BCUT2D eigenvalue weighted by atomic mass is 10.1. The maximum atomic E-state index is 13.8. The summed E-state index contributed by atoms with van der Waals surface area (Å²) in [6.07, 6.45) is 0. The number of hydrogen-bond donors (Lipinski definition) is 2. The minimum atomic E-state index is -0.648. The van der Waals surface area contributed by atoms with Crippen LogP contribution >= 0.6 is 23.6 Å². The molecular weight excluding hydrogens is 390 g/mol. The smallest absolute Gasteiger partial charge is 0.340 e. The van der Waals surface area contributed by atoms with Crippen LogP contribution in [-0.2, 0) is 4.74 Å². The van der Waals surface area contributed by atoms with E-state index in [9.17, 15) is 13.6 Å². The second-order valence-electron chi connectivity index (χ2n) is 5.41. The molecule has 0 aliphatic heterocycles. The monoisotopic (exact) mass is 404 g/mol. The number of thiophene rings is 1. The molecule has 3 aromatic rings. The van der Waals surface area contributed by atoms with Crippen molar-refractivity contribution in [3.63, 3.8) is 0 Å². The Labute approximate surface area is 163 Å². The summed E-state index contributed by atoms with van der Waals surface area (Å²) in [4.78, 5) is 12.9. The second kappa shape index (κ2) is 8.24. The molecule has 0 amide bonds. The van der Waals surface area contributed by atoms with Gasteiger partial charge in [0.25, 0.3) is 0 Å². The van der Waals surface area contributed by atoms with E-state index in [1.54, 1.807) is 6.07 Å². The van der Waals surface area contributed by atoms with Gasteiger partial charge in [-0.3, -0.25) is 0 Å². The van der Waals surface area contributed by atoms with E-state index in [1.807, 2.05) is 30.3 Å². The predicted molar refractivity (Wildman–Crippen MR) is 107 cm³/mol. The molecule has 1 heterocycles. The van der Waals surface area contributed by atoms with Crippen LogP contribution in [0.25, 0.3) is 10.4 Å². The van der Waals surface area contributed by atoms with Crippen LogP contribution in [0.15, 0.2) is 54.6 Å². The Bertz CT molecular complexity index is 991. The van der Waals surface area contributed by atoms with Gasteiger partial charge in [0.2, 0.25) is 0 Å². The van der Waals surface area contributed by atoms with Crippen molar-refractivity contribution in [3.8, 4) is 10.4 Å². The topological polar surface area (TPSA) is 50.4 Å². The lowest BCUT2D eigenvalue weighted by molar-refractivity contribution is 0.0602. The van der Waals surface area contributed by atoms with E-state index in [0.717, 1.165) is 28.6 Å². The second-order valence-corrected chi connectivity index (χ2v) is 6.87. The summed E-state index contributed by atoms with van der Waals surface area (Å²) >= 11 is 6.47. The fourth-order valence-corrected chi connectivity index (χ4v) is 3.67. The molecule has 0 bridgehead atoms. The fraction of sp³-hybridized carbons (Fsp3) is 0.0526. The number of halogens is 2. The standard InChI is InChI=1S/C19H14F2N2O2S2/c1-25-18(24)13-10-16(11-5-3-2-4-6-11)27-17(13)23-19(26)22-15-9-12(20)7-8-14(15)21/h2-10H,1H3,(H2,22,23,26). The number of thiocarbonyl (C=S) groups is 1. The van der Waals surface area contributed by atoms with E-state index >= 15 is 0 Å². The van der Waals surface area contributed by atoms with Crippen LogP contribution in [0.3, 0.4) is 0 Å². The molecule has 0 unspecified atom stereocenters. The molecule has 27 heavy (non-hydrogen) atoms. The van der Waals surface area contributed by atoms with E-state index in [4.69, 9.17) is 17.0 Å². The predicted octanol–water partition coefficient (Wildman–Crippen LogP) is 5.29. The maximum absolute atomic E-state index is 13.8. The molecule has 2 N–H and O–H groups in total. The summed E-state index contributed by atoms with van der Waals surface area (Å²) in [5.74, 6) is -1.78. The normalized spacial score (nSPS) is 10.3. The third kappa shape index (κ3) is 4.47. The first kappa shape index (κ1) is 18.9. The van der Waals surface area contributed by atoms with Gasteiger partial charge in [-0.05, 0) is 36.0 Å². The van der Waals surface area contributed by atoms with Gasteiger partial charge in [0.05, 0.1) is 18.4 Å². The number of esters is 1. The van der Waals surface area contributed by atoms with Gasteiger partial charge in [0.1, 0.15) is 16.6 Å². The van der Waals surface area contributed by atoms with Crippen molar-refractivity contribution in [1.82, 2.24) is 0 Å². The Balaban J connectivity index is 1.86. The first-order valence-corrected chi connectivity index (χ1v) is 9.01. The van der Waals surface area contributed by atoms with Crippen LogP contribution < -0.4 is 10.6 Å². The molecule has 0 radical (unpaired) electrons. The van der Waals surface area contributed by atoms with Crippen molar-refractivity contribution in [2.75, 3.05) is 17.7 Å². The molecule has 0 fully saturated rings. The lowest BCUT2D eigenvalue weighted by Crippen LogP contribution is -2.20. The zero-order valence-corrected chi connectivity index (χ0v) is 15.7. The van der Waals surface area contributed by atoms with Crippen LogP contribution in [0.4, 0.5) is 19.5 Å². The zero-order chi connectivity index (χ0) is 19.4. The molecule has 0 aliphatic carbocycles. The molecule has 138 valence electrons. The minimum Gasteiger partial charge on any atom is -0.465 e. The van der Waals surface area contributed by atoms with Crippen LogP contribution in [0.1, 0.15) is 10.4 Å². The number of benzene rings is 2. The summed E-state index contributed by atoms with van der Waals surface area (Å²) in [5, 5.41) is 5.91. The highest BCUT2D eigenvalue weighted by atomic mass is 32.1. The summed E-state index contributed by atoms with van der Waals surface area (Å²) < 4.78 is 31.9. The molecule has 0 atom stereocenters. The SMILES string of the molecule is COC(=O)c1cc(-c2ccccc2)sc1NC(=S)Nc1cc(F)ccc1F. The molecule has 0 spiro atoms. The molecule has 4 nitrogen and oxygen atoms in total. The molecule has 8 heteroatoms. The van der Waals surface area contributed by atoms with E-state index in [2.05, 4.69) is 10.6 Å². The van der Waals surface area contributed by atoms with E-state index in [1.165, 1.54) is 18.4 Å². The number of ether oxygens (including phenoxy) is 1. The number of methoxy groups -OCH3 is 1. The number of anilines is 2. The Kier molecular flexibility index (Phi) is 5.78. The summed E-state index contributed by atoms with van der Waals surface area (Å²) in [5.41, 5.74) is 1.12. The number of carbonyl (C=O) groups is 1. The first-order chi connectivity index (χ1) is 13.0. The van der Waals surface area contributed by atoms with Crippen molar-refractivity contribution in [2.45, 2.75) is 0 Å². The van der Waals surface area contributed by atoms with Gasteiger partial charge in [0.15, 0.2) is 5.11 Å². The average molecular weight is 404 g/mol. The van der Waals surface area contributed by atoms with Crippen LogP contribution in [0.2, 0.25) is 0 Å². The highest BCUT2D eigenvalue weighted by Gasteiger charge is 2.19. The molecular formula is C19H14F2N2O2S2. The van der Waals surface area contributed by atoms with E-state index < -0.39 is 17.6 Å². The number of rotatable bonds is 4. The van der Waals surface area contributed by atoms with Crippen molar-refractivity contribution in [1.29, 1.82) is 0 Å². The van der Waals surface area contributed by atoms with Gasteiger partial charge in [-0.1, -0.05) is 30.3 Å². The Morgan fingerprint density at radius 1 is 1.07 bits per heavy atom. The van der Waals surface area contributed by atoms with Crippen molar-refractivity contribution in [3.05, 3.63) is 71.8 Å². The summed E-state index contributed by atoms with van der Waals surface area (Å²) in [6.45, 7) is 0. The van der Waals surface area contributed by atoms with Gasteiger partial charge in [0, 0.05) is 10.9 Å². The van der Waals surface area contributed by atoms with Crippen LogP contribution in [0.5, 0.6) is 0 Å². The maximum Gasteiger partial charge on any atom is 0.340 e. The van der Waals surface area contributed by atoms with Crippen molar-refractivity contribution < 1.29 is 18.3 Å². The molecule has 0 saturated heterocycles. The Morgan fingerprint density at radius 2 is 1.81 bits per heavy atom. The molecule has 2 aromatic carbocycles. The zero-order valence-electron chi connectivity index (χ0n) is 14.1. The first-order valence-electron chi connectivity index (χ1n) is 7.78. The molecule has 1 aromatic heterocycles. The molecule has 0 saturated carbocycles. The van der Waals surface area contributed by atoms with Gasteiger partial charge in [-0.15, -0.1) is 11.3 Å². The summed E-state index contributed by atoms with van der Waals surface area (Å²) in [7, 11) is 1.28. The highest BCUT2D eigenvalue weighted by Crippen LogP contribution is 2.36. The van der Waals surface area contributed by atoms with Crippen molar-refractivity contribution >= 4 is 45.3 Å². The lowest BCUT2D eigenvalue weighted by Gasteiger charge is -2.11. The number of hydrogen-bond acceptors (Lipinski definition) is 4. The fourth-order valence-electron chi connectivity index (χ4n) is 2.34. The van der Waals surface area contributed by atoms with E-state index in [-0.39, 0.29) is 10.8 Å². The molecule has 3 rings (SSSR count). The highest BCUT2D eigenvalue weighted by molar-refractivity contribution is 7.80. The van der Waals surface area contributed by atoms with Crippen LogP contribution in [0, 0.1) is 11.6 Å². The van der Waals surface area contributed by atoms with Gasteiger partial charge < -0.3 is 15.4 Å². The quantitative estimate of drug-likeness (QED) is 0.457. The Morgan fingerprint density at radius 3 is 2.52 bits per heavy atom.